The van der Waals surface area contributed by atoms with E-state index in [-0.39, 0.29) is 13.2 Å². The van der Waals surface area contributed by atoms with E-state index in [1.165, 1.54) is 25.7 Å². The summed E-state index contributed by atoms with van der Waals surface area (Å²) in [5.41, 5.74) is 0. The topological polar surface area (TPSA) is 79.2 Å². The van der Waals surface area contributed by atoms with Crippen molar-refractivity contribution in [2.75, 3.05) is 19.8 Å². The summed E-state index contributed by atoms with van der Waals surface area (Å²) in [4.78, 5) is 0. The van der Waals surface area contributed by atoms with Crippen molar-refractivity contribution >= 4 is 0 Å². The highest BCUT2D eigenvalue weighted by Gasteiger charge is 2.38. The summed E-state index contributed by atoms with van der Waals surface area (Å²) in [5.74, 6) is 0. The number of hydrogen-bond donors (Lipinski definition) is 3. The van der Waals surface area contributed by atoms with E-state index in [0.717, 1.165) is 6.42 Å². The van der Waals surface area contributed by atoms with Gasteiger partial charge in [-0.3, -0.25) is 0 Å². The van der Waals surface area contributed by atoms with Gasteiger partial charge in [-0.2, -0.15) is 0 Å². The van der Waals surface area contributed by atoms with Crippen molar-refractivity contribution in [3.63, 3.8) is 0 Å². The van der Waals surface area contributed by atoms with Gasteiger partial charge in [-0.15, -0.1) is 0 Å². The zero-order valence-electron chi connectivity index (χ0n) is 12.3. The largest absolute Gasteiger partial charge is 0.394 e. The van der Waals surface area contributed by atoms with E-state index in [1.54, 1.807) is 0 Å². The van der Waals surface area contributed by atoms with E-state index in [4.69, 9.17) is 14.6 Å². The van der Waals surface area contributed by atoms with Gasteiger partial charge in [0, 0.05) is 0 Å². The lowest BCUT2D eigenvalue weighted by Gasteiger charge is -2.36. The first-order valence-corrected chi connectivity index (χ1v) is 7.55. The summed E-state index contributed by atoms with van der Waals surface area (Å²) >= 11 is 0. The van der Waals surface area contributed by atoms with Gasteiger partial charge in [0.15, 0.2) is 0 Å². The highest BCUT2D eigenvalue weighted by molar-refractivity contribution is 4.88. The maximum absolute atomic E-state index is 9.85. The molecule has 1 rings (SSSR count). The fourth-order valence-corrected chi connectivity index (χ4v) is 2.22. The van der Waals surface area contributed by atoms with Crippen LogP contribution in [0.1, 0.15) is 39.0 Å². The van der Waals surface area contributed by atoms with Crippen molar-refractivity contribution in [1.29, 1.82) is 0 Å². The number of aliphatic hydroxyl groups is 3. The smallest absolute Gasteiger partial charge is 0.111 e. The van der Waals surface area contributed by atoms with Crippen LogP contribution in [0.4, 0.5) is 0 Å². The lowest BCUT2D eigenvalue weighted by atomic mass is 10.0. The van der Waals surface area contributed by atoms with E-state index < -0.39 is 24.4 Å². The molecule has 118 valence electrons. The van der Waals surface area contributed by atoms with Crippen LogP contribution >= 0.6 is 0 Å². The summed E-state index contributed by atoms with van der Waals surface area (Å²) < 4.78 is 10.7. The first-order chi connectivity index (χ1) is 9.70. The molecule has 0 bridgehead atoms. The Morgan fingerprint density at radius 1 is 1.15 bits per heavy atom. The molecule has 1 aliphatic heterocycles. The van der Waals surface area contributed by atoms with Gasteiger partial charge < -0.3 is 24.8 Å². The van der Waals surface area contributed by atoms with E-state index >= 15 is 0 Å². The molecule has 0 aliphatic carbocycles. The zero-order valence-corrected chi connectivity index (χ0v) is 12.3. The minimum absolute atomic E-state index is 0.188. The molecular weight excluding hydrogens is 260 g/mol. The van der Waals surface area contributed by atoms with Crippen molar-refractivity contribution in [2.45, 2.75) is 63.4 Å². The van der Waals surface area contributed by atoms with Gasteiger partial charge in [-0.25, -0.2) is 0 Å². The van der Waals surface area contributed by atoms with Gasteiger partial charge >= 0.3 is 0 Å². The number of unbranched alkanes of at least 4 members (excludes halogenated alkanes) is 4. The first-order valence-electron chi connectivity index (χ1n) is 7.55. The van der Waals surface area contributed by atoms with Crippen molar-refractivity contribution in [2.24, 2.45) is 0 Å². The molecule has 0 saturated carbocycles. The van der Waals surface area contributed by atoms with Crippen LogP contribution in [0, 0.1) is 0 Å². The van der Waals surface area contributed by atoms with Gasteiger partial charge in [0.05, 0.1) is 19.8 Å². The van der Waals surface area contributed by atoms with Gasteiger partial charge in [-0.1, -0.05) is 38.3 Å². The number of hydrogen-bond acceptors (Lipinski definition) is 5. The molecule has 4 atom stereocenters. The molecule has 0 aromatic carbocycles. The molecule has 1 heterocycles. The third kappa shape index (κ3) is 5.89. The molecule has 3 N–H and O–H groups in total. The van der Waals surface area contributed by atoms with Gasteiger partial charge in [-0.05, 0) is 12.8 Å². The highest BCUT2D eigenvalue weighted by atomic mass is 16.6. The molecule has 0 amide bonds. The molecule has 1 fully saturated rings. The lowest BCUT2D eigenvalue weighted by Crippen LogP contribution is -2.54. The third-order valence-corrected chi connectivity index (χ3v) is 3.56. The third-order valence-electron chi connectivity index (χ3n) is 3.56. The van der Waals surface area contributed by atoms with Crippen molar-refractivity contribution in [3.05, 3.63) is 12.2 Å². The van der Waals surface area contributed by atoms with Crippen LogP contribution < -0.4 is 0 Å². The average Bonchev–Trinajstić information content (AvgIpc) is 2.46. The number of rotatable bonds is 9. The van der Waals surface area contributed by atoms with Gasteiger partial charge in [0.2, 0.25) is 0 Å². The fraction of sp³-hybridized carbons (Fsp3) is 0.867. The molecule has 5 nitrogen and oxygen atoms in total. The minimum Gasteiger partial charge on any atom is -0.394 e. The molecule has 0 aromatic heterocycles. The fourth-order valence-electron chi connectivity index (χ4n) is 2.22. The Morgan fingerprint density at radius 2 is 1.95 bits per heavy atom. The molecule has 0 radical (unpaired) electrons. The monoisotopic (exact) mass is 288 g/mol. The summed E-state index contributed by atoms with van der Waals surface area (Å²) in [6, 6.07) is 0. The van der Waals surface area contributed by atoms with E-state index in [9.17, 15) is 10.2 Å². The Bertz CT molecular complexity index is 269. The zero-order chi connectivity index (χ0) is 14.8. The second-order valence-corrected chi connectivity index (χ2v) is 5.23. The summed E-state index contributed by atoms with van der Waals surface area (Å²) in [5, 5.41) is 28.5. The van der Waals surface area contributed by atoms with Crippen LogP contribution in [0.25, 0.3) is 0 Å². The number of aliphatic hydroxyl groups excluding tert-OH is 3. The predicted octanol–water partition coefficient (Wildman–Crippen LogP) is 1.01. The Morgan fingerprint density at radius 3 is 2.65 bits per heavy atom. The Balaban J connectivity index is 2.14. The molecule has 20 heavy (non-hydrogen) atoms. The molecule has 5 heteroatoms. The normalized spacial score (nSPS) is 31.0. The Kier molecular flexibility index (Phi) is 9.05. The maximum Gasteiger partial charge on any atom is 0.111 e. The first kappa shape index (κ1) is 17.6. The summed E-state index contributed by atoms with van der Waals surface area (Å²) in [6.45, 7) is 2.47. The quantitative estimate of drug-likeness (QED) is 0.436. The standard InChI is InChI=1S/C15H28O5/c1-2-3-4-5-6-7-8-9-19-13-11-20-12(10-16)14(17)15(13)18/h7-8,12-18H,2-6,9-11H2,1H3/b8-7+/t12-,13+,14-,15-/m1/s1. The van der Waals surface area contributed by atoms with Crippen LogP contribution in [-0.4, -0.2) is 59.6 Å². The average molecular weight is 288 g/mol. The SMILES string of the molecule is CCCCCC/C=C/CO[C@H]1CO[C@H](CO)[C@@H](O)[C@@H]1O. The maximum atomic E-state index is 9.85. The van der Waals surface area contributed by atoms with Gasteiger partial charge in [0.25, 0.3) is 0 Å². The van der Waals surface area contributed by atoms with Crippen molar-refractivity contribution in [1.82, 2.24) is 0 Å². The van der Waals surface area contributed by atoms with Crippen LogP contribution in [0.3, 0.4) is 0 Å². The second kappa shape index (κ2) is 10.3. The molecule has 0 spiro atoms. The Hall–Kier alpha value is -0.460. The molecule has 1 saturated heterocycles. The van der Waals surface area contributed by atoms with Crippen LogP contribution in [0.5, 0.6) is 0 Å². The van der Waals surface area contributed by atoms with Crippen LogP contribution in [-0.2, 0) is 9.47 Å². The van der Waals surface area contributed by atoms with E-state index in [0.29, 0.717) is 6.61 Å². The predicted molar refractivity (Wildman–Crippen MR) is 76.5 cm³/mol. The van der Waals surface area contributed by atoms with Crippen molar-refractivity contribution < 1.29 is 24.8 Å². The second-order valence-electron chi connectivity index (χ2n) is 5.23. The Labute approximate surface area is 121 Å². The van der Waals surface area contributed by atoms with Crippen molar-refractivity contribution in [3.8, 4) is 0 Å². The summed E-state index contributed by atoms with van der Waals surface area (Å²) in [7, 11) is 0. The van der Waals surface area contributed by atoms with E-state index in [1.807, 2.05) is 6.08 Å². The molecular formula is C15H28O5. The van der Waals surface area contributed by atoms with Crippen LogP contribution in [0.2, 0.25) is 0 Å². The summed E-state index contributed by atoms with van der Waals surface area (Å²) in [6.07, 6.45) is 6.64. The molecule has 0 unspecified atom stereocenters. The molecule has 1 aliphatic rings. The molecule has 0 aromatic rings. The number of allylic oxidation sites excluding steroid dienone is 1. The minimum atomic E-state index is -1.10. The number of ether oxygens (including phenoxy) is 2. The van der Waals surface area contributed by atoms with Gasteiger partial charge in [0.1, 0.15) is 24.4 Å². The lowest BCUT2D eigenvalue weighted by molar-refractivity contribution is -0.205. The van der Waals surface area contributed by atoms with Crippen LogP contribution in [0.15, 0.2) is 12.2 Å². The highest BCUT2D eigenvalue weighted by Crippen LogP contribution is 2.17. The van der Waals surface area contributed by atoms with E-state index in [2.05, 4.69) is 13.0 Å².